The number of benzene rings is 1. The molecular formula is C13H21ClN2O2. The van der Waals surface area contributed by atoms with Gasteiger partial charge >= 0.3 is 5.97 Å². The zero-order valence-corrected chi connectivity index (χ0v) is 11.9. The van der Waals surface area contributed by atoms with Crippen LogP contribution in [0.25, 0.3) is 0 Å². The minimum atomic E-state index is -0.896. The summed E-state index contributed by atoms with van der Waals surface area (Å²) in [6, 6.07) is 5.31. The standard InChI is InChI=1S/C13H20N2O2.ClH/c1-4-5-9-14-11-8-6-7-10(13(16)17)12(11)15(2)3;/h6-8,14H,4-5,9H2,1-3H3,(H,16,17);1H. The van der Waals surface area contributed by atoms with Gasteiger partial charge in [0.2, 0.25) is 0 Å². The zero-order valence-electron chi connectivity index (χ0n) is 11.1. The van der Waals surface area contributed by atoms with Gasteiger partial charge in [-0.2, -0.15) is 0 Å². The summed E-state index contributed by atoms with van der Waals surface area (Å²) in [5, 5.41) is 12.4. The molecule has 0 spiro atoms. The summed E-state index contributed by atoms with van der Waals surface area (Å²) in [5.41, 5.74) is 1.94. The van der Waals surface area contributed by atoms with Gasteiger partial charge in [-0.15, -0.1) is 12.4 Å². The third kappa shape index (κ3) is 4.11. The molecule has 102 valence electrons. The van der Waals surface area contributed by atoms with Gasteiger partial charge in [0.05, 0.1) is 16.9 Å². The number of carbonyl (C=O) groups is 1. The molecule has 0 bridgehead atoms. The number of para-hydroxylation sites is 1. The maximum atomic E-state index is 11.2. The fraction of sp³-hybridized carbons (Fsp3) is 0.462. The molecule has 1 aromatic carbocycles. The van der Waals surface area contributed by atoms with E-state index in [2.05, 4.69) is 12.2 Å². The first-order valence-electron chi connectivity index (χ1n) is 5.85. The molecule has 0 fully saturated rings. The molecule has 0 radical (unpaired) electrons. The number of hydrogen-bond donors (Lipinski definition) is 2. The topological polar surface area (TPSA) is 52.6 Å². The van der Waals surface area contributed by atoms with Crippen molar-refractivity contribution >= 4 is 29.8 Å². The molecule has 0 amide bonds. The lowest BCUT2D eigenvalue weighted by atomic mass is 10.1. The van der Waals surface area contributed by atoms with Gasteiger partial charge in [-0.3, -0.25) is 0 Å². The number of carboxylic acid groups (broad SMARTS) is 1. The number of hydrogen-bond acceptors (Lipinski definition) is 3. The second-order valence-corrected chi connectivity index (χ2v) is 4.18. The lowest BCUT2D eigenvalue weighted by molar-refractivity contribution is 0.0697. The van der Waals surface area contributed by atoms with Crippen molar-refractivity contribution in [1.82, 2.24) is 0 Å². The number of anilines is 2. The first-order chi connectivity index (χ1) is 8.07. The predicted molar refractivity (Wildman–Crippen MR) is 78.4 cm³/mol. The quantitative estimate of drug-likeness (QED) is 0.782. The van der Waals surface area contributed by atoms with Gasteiger partial charge in [0.25, 0.3) is 0 Å². The van der Waals surface area contributed by atoms with Gasteiger partial charge in [0.15, 0.2) is 0 Å². The number of nitrogens with zero attached hydrogens (tertiary/aromatic N) is 1. The van der Waals surface area contributed by atoms with Crippen molar-refractivity contribution in [2.45, 2.75) is 19.8 Å². The molecule has 0 saturated heterocycles. The van der Waals surface area contributed by atoms with E-state index in [1.165, 1.54) is 0 Å². The normalized spacial score (nSPS) is 9.50. The van der Waals surface area contributed by atoms with Crippen molar-refractivity contribution in [3.63, 3.8) is 0 Å². The molecule has 0 aromatic heterocycles. The highest BCUT2D eigenvalue weighted by atomic mass is 35.5. The van der Waals surface area contributed by atoms with Crippen LogP contribution in [-0.4, -0.2) is 31.7 Å². The number of rotatable bonds is 6. The molecule has 1 aromatic rings. The minimum absolute atomic E-state index is 0. The molecule has 0 atom stereocenters. The van der Waals surface area contributed by atoms with Gasteiger partial charge in [0.1, 0.15) is 0 Å². The van der Waals surface area contributed by atoms with E-state index in [0.29, 0.717) is 5.56 Å². The average Bonchev–Trinajstić information content (AvgIpc) is 2.28. The van der Waals surface area contributed by atoms with Crippen LogP contribution in [0.4, 0.5) is 11.4 Å². The Bertz CT molecular complexity index is 395. The third-order valence-electron chi connectivity index (χ3n) is 2.56. The second kappa shape index (κ2) is 7.82. The zero-order chi connectivity index (χ0) is 12.8. The predicted octanol–water partition coefficient (Wildman–Crippen LogP) is 3.08. The maximum Gasteiger partial charge on any atom is 0.337 e. The van der Waals surface area contributed by atoms with Crippen molar-refractivity contribution in [3.8, 4) is 0 Å². The summed E-state index contributed by atoms with van der Waals surface area (Å²) in [4.78, 5) is 13.0. The van der Waals surface area contributed by atoms with Gasteiger partial charge in [-0.1, -0.05) is 19.4 Å². The molecule has 0 saturated carbocycles. The van der Waals surface area contributed by atoms with Crippen molar-refractivity contribution in [2.24, 2.45) is 0 Å². The number of halogens is 1. The van der Waals surface area contributed by atoms with Crippen molar-refractivity contribution in [2.75, 3.05) is 30.9 Å². The second-order valence-electron chi connectivity index (χ2n) is 4.18. The Morgan fingerprint density at radius 2 is 2.06 bits per heavy atom. The number of unbranched alkanes of at least 4 members (excludes halogenated alkanes) is 1. The summed E-state index contributed by atoms with van der Waals surface area (Å²) in [5.74, 6) is -0.896. The van der Waals surface area contributed by atoms with E-state index >= 15 is 0 Å². The lowest BCUT2D eigenvalue weighted by Gasteiger charge is -2.20. The number of aromatic carboxylic acids is 1. The monoisotopic (exact) mass is 272 g/mol. The van der Waals surface area contributed by atoms with E-state index in [0.717, 1.165) is 30.8 Å². The van der Waals surface area contributed by atoms with Gasteiger partial charge in [-0.25, -0.2) is 4.79 Å². The summed E-state index contributed by atoms with van der Waals surface area (Å²) in [6.07, 6.45) is 2.19. The SMILES string of the molecule is CCCCNc1cccc(C(=O)O)c1N(C)C.Cl. The van der Waals surface area contributed by atoms with E-state index in [4.69, 9.17) is 5.11 Å². The van der Waals surface area contributed by atoms with Gasteiger partial charge in [0, 0.05) is 20.6 Å². The van der Waals surface area contributed by atoms with E-state index in [1.54, 1.807) is 12.1 Å². The lowest BCUT2D eigenvalue weighted by Crippen LogP contribution is -2.17. The highest BCUT2D eigenvalue weighted by Gasteiger charge is 2.15. The minimum Gasteiger partial charge on any atom is -0.478 e. The number of carboxylic acids is 1. The van der Waals surface area contributed by atoms with Crippen LogP contribution >= 0.6 is 12.4 Å². The molecule has 4 nitrogen and oxygen atoms in total. The van der Waals surface area contributed by atoms with Crippen LogP contribution in [0, 0.1) is 0 Å². The Labute approximate surface area is 114 Å². The molecule has 1 rings (SSSR count). The van der Waals surface area contributed by atoms with Crippen LogP contribution in [0.15, 0.2) is 18.2 Å². The fourth-order valence-electron chi connectivity index (χ4n) is 1.74. The van der Waals surface area contributed by atoms with Crippen molar-refractivity contribution in [1.29, 1.82) is 0 Å². The summed E-state index contributed by atoms with van der Waals surface area (Å²) < 4.78 is 0. The van der Waals surface area contributed by atoms with E-state index in [-0.39, 0.29) is 12.4 Å². The summed E-state index contributed by atoms with van der Waals surface area (Å²) in [6.45, 7) is 2.99. The van der Waals surface area contributed by atoms with Crippen LogP contribution in [0.2, 0.25) is 0 Å². The van der Waals surface area contributed by atoms with E-state index in [1.807, 2.05) is 25.1 Å². The average molecular weight is 273 g/mol. The Morgan fingerprint density at radius 1 is 1.39 bits per heavy atom. The highest BCUT2D eigenvalue weighted by Crippen LogP contribution is 2.28. The molecule has 2 N–H and O–H groups in total. The molecule has 0 heterocycles. The van der Waals surface area contributed by atoms with Crippen molar-refractivity contribution < 1.29 is 9.90 Å². The van der Waals surface area contributed by atoms with Crippen LogP contribution in [0.3, 0.4) is 0 Å². The Hall–Kier alpha value is -1.42. The molecule has 0 aliphatic rings. The van der Waals surface area contributed by atoms with Crippen LogP contribution < -0.4 is 10.2 Å². The smallest absolute Gasteiger partial charge is 0.337 e. The van der Waals surface area contributed by atoms with E-state index < -0.39 is 5.97 Å². The maximum absolute atomic E-state index is 11.2. The van der Waals surface area contributed by atoms with Crippen molar-refractivity contribution in [3.05, 3.63) is 23.8 Å². The first kappa shape index (κ1) is 16.6. The summed E-state index contributed by atoms with van der Waals surface area (Å²) in [7, 11) is 3.71. The molecule has 18 heavy (non-hydrogen) atoms. The third-order valence-corrected chi connectivity index (χ3v) is 2.56. The summed E-state index contributed by atoms with van der Waals surface area (Å²) >= 11 is 0. The Morgan fingerprint density at radius 3 is 2.56 bits per heavy atom. The van der Waals surface area contributed by atoms with Crippen LogP contribution in [-0.2, 0) is 0 Å². The van der Waals surface area contributed by atoms with Gasteiger partial charge < -0.3 is 15.3 Å². The Balaban J connectivity index is 0.00000289. The number of nitrogens with one attached hydrogen (secondary N) is 1. The van der Waals surface area contributed by atoms with Crippen LogP contribution in [0.1, 0.15) is 30.1 Å². The largest absolute Gasteiger partial charge is 0.478 e. The molecular weight excluding hydrogens is 252 g/mol. The Kier molecular flexibility index (Phi) is 7.20. The molecule has 0 unspecified atom stereocenters. The molecule has 0 aliphatic carbocycles. The first-order valence-corrected chi connectivity index (χ1v) is 5.85. The highest BCUT2D eigenvalue weighted by molar-refractivity contribution is 5.98. The van der Waals surface area contributed by atoms with E-state index in [9.17, 15) is 4.79 Å². The fourth-order valence-corrected chi connectivity index (χ4v) is 1.74. The van der Waals surface area contributed by atoms with Crippen LogP contribution in [0.5, 0.6) is 0 Å². The molecule has 0 aliphatic heterocycles. The van der Waals surface area contributed by atoms with Gasteiger partial charge in [-0.05, 0) is 18.6 Å². The molecule has 5 heteroatoms.